The molecule has 0 N–H and O–H groups in total. The molecule has 3 nitrogen and oxygen atoms in total. The van der Waals surface area contributed by atoms with Crippen LogP contribution in [0.4, 0.5) is 0 Å². The minimum absolute atomic E-state index is 0.000801. The average Bonchev–Trinajstić information content (AvgIpc) is 3.45. The third-order valence-corrected chi connectivity index (χ3v) is 4.76. The lowest BCUT2D eigenvalue weighted by Gasteiger charge is -2.05. The summed E-state index contributed by atoms with van der Waals surface area (Å²) in [7, 11) is 0. The molecule has 0 aliphatic carbocycles. The average molecular weight is 341 g/mol. The van der Waals surface area contributed by atoms with Gasteiger partial charge in [-0.15, -0.1) is 0 Å². The van der Waals surface area contributed by atoms with E-state index >= 15 is 0 Å². The molecule has 0 radical (unpaired) electrons. The second-order valence-electron chi connectivity index (χ2n) is 6.49. The Morgan fingerprint density at radius 1 is 0.731 bits per heavy atom. The number of nitrogens with zero attached hydrogens (tertiary/aromatic N) is 1. The van der Waals surface area contributed by atoms with Gasteiger partial charge in [-0.05, 0) is 11.1 Å². The normalized spacial score (nSPS) is 18.4. The summed E-state index contributed by atoms with van der Waals surface area (Å²) < 4.78 is 0. The predicted octanol–water partition coefficient (Wildman–Crippen LogP) is 4.06. The number of hydrogen-bond acceptors (Lipinski definition) is 2. The molecule has 3 aromatic carbocycles. The molecule has 0 unspecified atom stereocenters. The standard InChI is InChI=1S/C23H19NO2/c25-20(16-17-10-4-1-5-11-17)24-21(18-12-6-2-7-13-18)22(24)23(26)19-14-8-3-9-15-19/h1-15,21-22H,16H2/t21-,22-,24?/m1/s1. The van der Waals surface area contributed by atoms with Crippen LogP contribution in [0.2, 0.25) is 0 Å². The monoisotopic (exact) mass is 341 g/mol. The van der Waals surface area contributed by atoms with Gasteiger partial charge >= 0.3 is 0 Å². The summed E-state index contributed by atoms with van der Waals surface area (Å²) in [6.07, 6.45) is 0.308. The van der Waals surface area contributed by atoms with Crippen molar-refractivity contribution in [3.05, 3.63) is 108 Å². The first-order valence-electron chi connectivity index (χ1n) is 8.75. The van der Waals surface area contributed by atoms with Crippen molar-refractivity contribution in [1.29, 1.82) is 0 Å². The fourth-order valence-corrected chi connectivity index (χ4v) is 3.44. The molecule has 1 heterocycles. The molecular weight excluding hydrogens is 322 g/mol. The van der Waals surface area contributed by atoms with Crippen LogP contribution in [0.5, 0.6) is 0 Å². The van der Waals surface area contributed by atoms with E-state index < -0.39 is 6.04 Å². The van der Waals surface area contributed by atoms with Crippen LogP contribution in [-0.2, 0) is 11.2 Å². The van der Waals surface area contributed by atoms with Crippen molar-refractivity contribution in [3.63, 3.8) is 0 Å². The molecule has 4 rings (SSSR count). The van der Waals surface area contributed by atoms with Crippen molar-refractivity contribution < 1.29 is 9.59 Å². The maximum atomic E-state index is 13.0. The van der Waals surface area contributed by atoms with Crippen LogP contribution in [0.1, 0.15) is 27.5 Å². The molecule has 3 aromatic rings. The molecule has 1 fully saturated rings. The van der Waals surface area contributed by atoms with Crippen molar-refractivity contribution in [2.45, 2.75) is 18.5 Å². The number of carbonyl (C=O) groups is 2. The van der Waals surface area contributed by atoms with Gasteiger partial charge in [0.2, 0.25) is 5.91 Å². The molecule has 0 saturated carbocycles. The number of rotatable bonds is 5. The Morgan fingerprint density at radius 2 is 1.27 bits per heavy atom. The third kappa shape index (κ3) is 3.16. The van der Waals surface area contributed by atoms with E-state index in [1.165, 1.54) is 0 Å². The maximum Gasteiger partial charge on any atom is 0.228 e. The summed E-state index contributed by atoms with van der Waals surface area (Å²) in [5.74, 6) is -0.0137. The van der Waals surface area contributed by atoms with E-state index in [9.17, 15) is 9.59 Å². The van der Waals surface area contributed by atoms with Gasteiger partial charge in [0.05, 0.1) is 12.5 Å². The fraction of sp³-hybridized carbons (Fsp3) is 0.130. The van der Waals surface area contributed by atoms with Gasteiger partial charge in [-0.2, -0.15) is 0 Å². The quantitative estimate of drug-likeness (QED) is 0.518. The van der Waals surface area contributed by atoms with Gasteiger partial charge in [-0.25, -0.2) is 0 Å². The lowest BCUT2D eigenvalue weighted by molar-refractivity contribution is -0.125. The fourth-order valence-electron chi connectivity index (χ4n) is 3.44. The molecule has 0 bridgehead atoms. The summed E-state index contributed by atoms with van der Waals surface area (Å²) in [5.41, 5.74) is 2.61. The molecule has 26 heavy (non-hydrogen) atoms. The first-order valence-corrected chi connectivity index (χ1v) is 8.75. The van der Waals surface area contributed by atoms with Crippen LogP contribution in [-0.4, -0.2) is 22.6 Å². The predicted molar refractivity (Wildman–Crippen MR) is 101 cm³/mol. The molecule has 1 aliphatic rings. The van der Waals surface area contributed by atoms with E-state index in [0.717, 1.165) is 11.1 Å². The Balaban J connectivity index is 1.60. The van der Waals surface area contributed by atoms with Gasteiger partial charge in [-0.3, -0.25) is 9.59 Å². The second kappa shape index (κ2) is 6.96. The van der Waals surface area contributed by atoms with E-state index in [1.54, 1.807) is 4.90 Å². The molecule has 0 spiro atoms. The van der Waals surface area contributed by atoms with Crippen LogP contribution in [0.15, 0.2) is 91.0 Å². The van der Waals surface area contributed by atoms with E-state index in [0.29, 0.717) is 12.0 Å². The largest absolute Gasteiger partial charge is 0.320 e. The van der Waals surface area contributed by atoms with Crippen LogP contribution < -0.4 is 0 Å². The maximum absolute atomic E-state index is 13.0. The van der Waals surface area contributed by atoms with E-state index in [-0.39, 0.29) is 17.7 Å². The lowest BCUT2D eigenvalue weighted by atomic mass is 10.0. The van der Waals surface area contributed by atoms with Gasteiger partial charge in [0, 0.05) is 5.56 Å². The van der Waals surface area contributed by atoms with Crippen molar-refractivity contribution in [2.75, 3.05) is 0 Å². The molecule has 2 atom stereocenters. The second-order valence-corrected chi connectivity index (χ2v) is 6.49. The Hall–Kier alpha value is -3.20. The summed E-state index contributed by atoms with van der Waals surface area (Å²) in [6.45, 7) is 0. The first-order chi connectivity index (χ1) is 12.8. The van der Waals surface area contributed by atoms with Crippen LogP contribution in [0.25, 0.3) is 0 Å². The minimum Gasteiger partial charge on any atom is -0.320 e. The molecule has 128 valence electrons. The summed E-state index contributed by atoms with van der Waals surface area (Å²) >= 11 is 0. The van der Waals surface area contributed by atoms with E-state index in [1.807, 2.05) is 91.0 Å². The van der Waals surface area contributed by atoms with Gasteiger partial charge in [0.1, 0.15) is 6.04 Å². The number of Topliss-reactive ketones (excluding diaryl/α,β-unsaturated/α-hetero) is 1. The van der Waals surface area contributed by atoms with Crippen molar-refractivity contribution in [3.8, 4) is 0 Å². The Bertz CT molecular complexity index is 907. The zero-order valence-electron chi connectivity index (χ0n) is 14.3. The topological polar surface area (TPSA) is 37.1 Å². The molecule has 1 aliphatic heterocycles. The number of carbonyl (C=O) groups excluding carboxylic acids is 2. The number of ketones is 1. The number of hydrogen-bond donors (Lipinski definition) is 0. The van der Waals surface area contributed by atoms with Crippen molar-refractivity contribution in [1.82, 2.24) is 4.90 Å². The summed E-state index contributed by atoms with van der Waals surface area (Å²) in [4.78, 5) is 27.6. The van der Waals surface area contributed by atoms with Gasteiger partial charge in [0.15, 0.2) is 5.78 Å². The third-order valence-electron chi connectivity index (χ3n) is 4.76. The number of benzene rings is 3. The highest BCUT2D eigenvalue weighted by atomic mass is 16.2. The SMILES string of the molecule is O=C(c1ccccc1)[C@H]1[C@@H](c2ccccc2)N1C(=O)Cc1ccccc1. The Morgan fingerprint density at radius 3 is 1.88 bits per heavy atom. The molecule has 1 saturated heterocycles. The van der Waals surface area contributed by atoms with Gasteiger partial charge < -0.3 is 4.90 Å². The smallest absolute Gasteiger partial charge is 0.228 e. The summed E-state index contributed by atoms with van der Waals surface area (Å²) in [6, 6.07) is 28.0. The first kappa shape index (κ1) is 16.3. The Kier molecular flexibility index (Phi) is 4.36. The van der Waals surface area contributed by atoms with Crippen LogP contribution in [0.3, 0.4) is 0 Å². The van der Waals surface area contributed by atoms with Crippen LogP contribution in [0, 0.1) is 0 Å². The summed E-state index contributed by atoms with van der Waals surface area (Å²) in [5, 5.41) is 0. The zero-order valence-corrected chi connectivity index (χ0v) is 14.3. The highest BCUT2D eigenvalue weighted by molar-refractivity contribution is 6.06. The highest BCUT2D eigenvalue weighted by Crippen LogP contribution is 2.45. The van der Waals surface area contributed by atoms with Crippen molar-refractivity contribution in [2.24, 2.45) is 0 Å². The molecular formula is C23H19NO2. The zero-order chi connectivity index (χ0) is 17.9. The van der Waals surface area contributed by atoms with Crippen LogP contribution >= 0.6 is 0 Å². The van der Waals surface area contributed by atoms with Gasteiger partial charge in [0.25, 0.3) is 0 Å². The lowest BCUT2D eigenvalue weighted by Crippen LogP contribution is -2.20. The van der Waals surface area contributed by atoms with E-state index in [4.69, 9.17) is 0 Å². The Labute approximate surface area is 152 Å². The van der Waals surface area contributed by atoms with E-state index in [2.05, 4.69) is 0 Å². The highest BCUT2D eigenvalue weighted by Gasteiger charge is 2.55. The van der Waals surface area contributed by atoms with Crippen molar-refractivity contribution >= 4 is 11.7 Å². The number of amides is 1. The molecule has 3 heteroatoms. The molecule has 0 aromatic heterocycles. The van der Waals surface area contributed by atoms with Gasteiger partial charge in [-0.1, -0.05) is 91.0 Å². The molecule has 1 amide bonds. The minimum atomic E-state index is -0.420.